The van der Waals surface area contributed by atoms with Crippen molar-refractivity contribution in [2.75, 3.05) is 6.61 Å². The largest absolute Gasteiger partial charge is 0.490 e. The standard InChI is InChI=1S/C13H14FN3O/c14-13(5-2-6-13)8-18-12-4-1-3-11(7-12)17-9-15-16-10-17/h1,3-4,7,9-10H,2,5-6,8H2. The van der Waals surface area contributed by atoms with E-state index in [0.717, 1.165) is 12.1 Å². The highest BCUT2D eigenvalue weighted by molar-refractivity contribution is 5.38. The predicted molar refractivity (Wildman–Crippen MR) is 64.5 cm³/mol. The zero-order valence-electron chi connectivity index (χ0n) is 9.92. The molecule has 0 amide bonds. The van der Waals surface area contributed by atoms with E-state index in [2.05, 4.69) is 10.2 Å². The molecule has 94 valence electrons. The molecule has 1 aromatic carbocycles. The molecule has 1 aliphatic rings. The third-order valence-electron chi connectivity index (χ3n) is 3.28. The van der Waals surface area contributed by atoms with Crippen molar-refractivity contribution in [1.82, 2.24) is 14.8 Å². The lowest BCUT2D eigenvalue weighted by atomic mass is 9.83. The van der Waals surface area contributed by atoms with Gasteiger partial charge in [0.25, 0.3) is 0 Å². The van der Waals surface area contributed by atoms with Gasteiger partial charge in [-0.05, 0) is 31.4 Å². The molecule has 0 unspecified atom stereocenters. The first kappa shape index (κ1) is 11.2. The SMILES string of the molecule is FC1(COc2cccc(-n3cnnc3)c2)CCC1. The van der Waals surface area contributed by atoms with Crippen LogP contribution in [0.5, 0.6) is 5.75 Å². The molecule has 0 radical (unpaired) electrons. The lowest BCUT2D eigenvalue weighted by Crippen LogP contribution is -2.38. The van der Waals surface area contributed by atoms with Crippen LogP contribution in [0.3, 0.4) is 0 Å². The molecule has 0 saturated heterocycles. The van der Waals surface area contributed by atoms with Gasteiger partial charge in [0, 0.05) is 6.07 Å². The topological polar surface area (TPSA) is 39.9 Å². The molecule has 1 fully saturated rings. The Balaban J connectivity index is 1.71. The maximum Gasteiger partial charge on any atom is 0.144 e. The Morgan fingerprint density at radius 3 is 2.72 bits per heavy atom. The van der Waals surface area contributed by atoms with E-state index in [1.807, 2.05) is 24.3 Å². The van der Waals surface area contributed by atoms with Gasteiger partial charge in [-0.1, -0.05) is 6.07 Å². The minimum Gasteiger partial charge on any atom is -0.490 e. The van der Waals surface area contributed by atoms with Crippen molar-refractivity contribution in [2.24, 2.45) is 0 Å². The summed E-state index contributed by atoms with van der Waals surface area (Å²) < 4.78 is 21.1. The van der Waals surface area contributed by atoms with Gasteiger partial charge in [-0.2, -0.15) is 0 Å². The van der Waals surface area contributed by atoms with Crippen molar-refractivity contribution in [3.8, 4) is 11.4 Å². The average molecular weight is 247 g/mol. The average Bonchev–Trinajstić information content (AvgIpc) is 2.88. The number of benzene rings is 1. The van der Waals surface area contributed by atoms with Gasteiger partial charge in [-0.25, -0.2) is 4.39 Å². The summed E-state index contributed by atoms with van der Waals surface area (Å²) in [5.74, 6) is 0.671. The van der Waals surface area contributed by atoms with E-state index in [4.69, 9.17) is 4.74 Å². The summed E-state index contributed by atoms with van der Waals surface area (Å²) in [4.78, 5) is 0. The van der Waals surface area contributed by atoms with Crippen LogP contribution in [-0.4, -0.2) is 27.0 Å². The Hall–Kier alpha value is -1.91. The van der Waals surface area contributed by atoms with Crippen LogP contribution in [0, 0.1) is 0 Å². The van der Waals surface area contributed by atoms with E-state index in [1.165, 1.54) is 0 Å². The number of rotatable bonds is 4. The van der Waals surface area contributed by atoms with Crippen LogP contribution in [0.4, 0.5) is 4.39 Å². The van der Waals surface area contributed by atoms with E-state index in [9.17, 15) is 4.39 Å². The molecule has 1 saturated carbocycles. The normalized spacial score (nSPS) is 17.2. The molecular formula is C13H14FN3O. The third-order valence-corrected chi connectivity index (χ3v) is 3.28. The van der Waals surface area contributed by atoms with Gasteiger partial charge in [0.15, 0.2) is 0 Å². The fraction of sp³-hybridized carbons (Fsp3) is 0.385. The second kappa shape index (κ2) is 4.40. The Morgan fingerprint density at radius 1 is 1.28 bits per heavy atom. The number of aromatic nitrogens is 3. The van der Waals surface area contributed by atoms with Crippen molar-refractivity contribution in [2.45, 2.75) is 24.9 Å². The van der Waals surface area contributed by atoms with Crippen LogP contribution in [0.1, 0.15) is 19.3 Å². The van der Waals surface area contributed by atoms with E-state index in [1.54, 1.807) is 17.2 Å². The van der Waals surface area contributed by atoms with Crippen molar-refractivity contribution in [1.29, 1.82) is 0 Å². The lowest BCUT2D eigenvalue weighted by Gasteiger charge is -2.33. The quantitative estimate of drug-likeness (QED) is 0.833. The smallest absolute Gasteiger partial charge is 0.144 e. The fourth-order valence-electron chi connectivity index (χ4n) is 1.99. The summed E-state index contributed by atoms with van der Waals surface area (Å²) in [5.41, 5.74) is -0.217. The maximum atomic E-state index is 13.8. The highest BCUT2D eigenvalue weighted by atomic mass is 19.1. The molecule has 3 rings (SSSR count). The van der Waals surface area contributed by atoms with Crippen LogP contribution < -0.4 is 4.74 Å². The Morgan fingerprint density at radius 2 is 2.06 bits per heavy atom. The summed E-state index contributed by atoms with van der Waals surface area (Å²) in [6.45, 7) is 0.138. The number of hydrogen-bond acceptors (Lipinski definition) is 3. The van der Waals surface area contributed by atoms with Gasteiger partial charge in [0.1, 0.15) is 30.7 Å². The Labute approximate surface area is 104 Å². The summed E-state index contributed by atoms with van der Waals surface area (Å²) in [6, 6.07) is 7.47. The highest BCUT2D eigenvalue weighted by Gasteiger charge is 2.37. The molecule has 0 N–H and O–H groups in total. The Kier molecular flexibility index (Phi) is 2.74. The zero-order valence-corrected chi connectivity index (χ0v) is 9.92. The monoisotopic (exact) mass is 247 g/mol. The van der Waals surface area contributed by atoms with Gasteiger partial charge >= 0.3 is 0 Å². The summed E-state index contributed by atoms with van der Waals surface area (Å²) >= 11 is 0. The maximum absolute atomic E-state index is 13.8. The van der Waals surface area contributed by atoms with Crippen LogP contribution in [0.15, 0.2) is 36.9 Å². The van der Waals surface area contributed by atoms with Gasteiger partial charge in [-0.15, -0.1) is 10.2 Å². The number of nitrogens with zero attached hydrogens (tertiary/aromatic N) is 3. The van der Waals surface area contributed by atoms with Gasteiger partial charge in [-0.3, -0.25) is 4.57 Å². The van der Waals surface area contributed by atoms with Gasteiger partial charge in [0.2, 0.25) is 0 Å². The fourth-order valence-corrected chi connectivity index (χ4v) is 1.99. The molecule has 0 spiro atoms. The zero-order chi connectivity index (χ0) is 12.4. The first-order valence-electron chi connectivity index (χ1n) is 6.02. The van der Waals surface area contributed by atoms with Crippen molar-refractivity contribution in [3.05, 3.63) is 36.9 Å². The van der Waals surface area contributed by atoms with Crippen molar-refractivity contribution >= 4 is 0 Å². The van der Waals surface area contributed by atoms with Crippen LogP contribution in [0.25, 0.3) is 5.69 Å². The van der Waals surface area contributed by atoms with E-state index in [-0.39, 0.29) is 6.61 Å². The first-order chi connectivity index (χ1) is 8.75. The number of halogens is 1. The minimum absolute atomic E-state index is 0.138. The van der Waals surface area contributed by atoms with E-state index < -0.39 is 5.67 Å². The molecule has 18 heavy (non-hydrogen) atoms. The molecule has 5 heteroatoms. The minimum atomic E-state index is -1.12. The number of hydrogen-bond donors (Lipinski definition) is 0. The molecule has 0 aliphatic heterocycles. The Bertz CT molecular complexity index is 523. The van der Waals surface area contributed by atoms with Crippen molar-refractivity contribution in [3.63, 3.8) is 0 Å². The molecule has 1 aliphatic carbocycles. The third kappa shape index (κ3) is 2.20. The van der Waals surface area contributed by atoms with Crippen LogP contribution >= 0.6 is 0 Å². The first-order valence-corrected chi connectivity index (χ1v) is 6.02. The summed E-state index contributed by atoms with van der Waals surface area (Å²) in [5, 5.41) is 7.50. The van der Waals surface area contributed by atoms with Crippen molar-refractivity contribution < 1.29 is 9.13 Å². The molecule has 0 bridgehead atoms. The molecule has 1 aromatic heterocycles. The van der Waals surface area contributed by atoms with Gasteiger partial charge < -0.3 is 4.74 Å². The second-order valence-electron chi connectivity index (χ2n) is 4.66. The number of alkyl halides is 1. The molecule has 4 nitrogen and oxygen atoms in total. The summed E-state index contributed by atoms with van der Waals surface area (Å²) in [6.07, 6.45) is 5.40. The van der Waals surface area contributed by atoms with Crippen LogP contribution in [0.2, 0.25) is 0 Å². The second-order valence-corrected chi connectivity index (χ2v) is 4.66. The number of ether oxygens (including phenoxy) is 1. The molecule has 0 atom stereocenters. The highest BCUT2D eigenvalue weighted by Crippen LogP contribution is 2.36. The molecular weight excluding hydrogens is 233 g/mol. The van der Waals surface area contributed by atoms with E-state index >= 15 is 0 Å². The van der Waals surface area contributed by atoms with Crippen LogP contribution in [-0.2, 0) is 0 Å². The van der Waals surface area contributed by atoms with E-state index in [0.29, 0.717) is 18.6 Å². The molecule has 2 aromatic rings. The predicted octanol–water partition coefficient (Wildman–Crippen LogP) is 2.54. The van der Waals surface area contributed by atoms with Gasteiger partial charge in [0.05, 0.1) is 5.69 Å². The summed E-state index contributed by atoms with van der Waals surface area (Å²) in [7, 11) is 0. The molecule has 1 heterocycles. The lowest BCUT2D eigenvalue weighted by molar-refractivity contribution is 0.0124.